The minimum Gasteiger partial charge on any atom is -0.444 e. The molecule has 1 N–H and O–H groups in total. The van der Waals surface area contributed by atoms with Crippen molar-refractivity contribution < 1.29 is 9.21 Å². The molecule has 1 atom stereocenters. The number of carbonyl (C=O) groups excluding carboxylic acids is 1. The highest BCUT2D eigenvalue weighted by Gasteiger charge is 2.17. The number of rotatable bonds is 3. The molecule has 0 radical (unpaired) electrons. The van der Waals surface area contributed by atoms with Gasteiger partial charge in [-0.05, 0) is 51.0 Å². The molecule has 0 aliphatic carbocycles. The number of hydrogen-bond donors (Lipinski definition) is 1. The molecule has 1 aromatic carbocycles. The first-order chi connectivity index (χ1) is 9.38. The SMILES string of the molecule is Cc1cnc([C@H](C)NC(=O)c2cc(C)c(Br)cc2C)o1. The molecule has 0 fully saturated rings. The van der Waals surface area contributed by atoms with Crippen molar-refractivity contribution in [2.24, 2.45) is 0 Å². The van der Waals surface area contributed by atoms with Gasteiger partial charge in [0.2, 0.25) is 5.89 Å². The molecule has 0 aliphatic rings. The highest BCUT2D eigenvalue weighted by Crippen LogP contribution is 2.22. The van der Waals surface area contributed by atoms with Crippen LogP contribution in [0.25, 0.3) is 0 Å². The maximum absolute atomic E-state index is 12.3. The third kappa shape index (κ3) is 3.10. The number of benzene rings is 1. The van der Waals surface area contributed by atoms with Crippen molar-refractivity contribution in [1.82, 2.24) is 10.3 Å². The molecule has 2 aromatic rings. The van der Waals surface area contributed by atoms with Crippen LogP contribution in [0, 0.1) is 20.8 Å². The number of hydrogen-bond acceptors (Lipinski definition) is 3. The molecular formula is C15H17BrN2O2. The Bertz CT molecular complexity index is 649. The van der Waals surface area contributed by atoms with Crippen LogP contribution < -0.4 is 5.32 Å². The lowest BCUT2D eigenvalue weighted by atomic mass is 10.0. The zero-order chi connectivity index (χ0) is 14.9. The molecule has 0 saturated carbocycles. The number of oxazole rings is 1. The summed E-state index contributed by atoms with van der Waals surface area (Å²) in [7, 11) is 0. The molecule has 2 rings (SSSR count). The van der Waals surface area contributed by atoms with Gasteiger partial charge in [0.15, 0.2) is 0 Å². The summed E-state index contributed by atoms with van der Waals surface area (Å²) in [5.41, 5.74) is 2.62. The van der Waals surface area contributed by atoms with Crippen molar-refractivity contribution in [2.45, 2.75) is 33.7 Å². The van der Waals surface area contributed by atoms with Crippen molar-refractivity contribution in [3.63, 3.8) is 0 Å². The number of halogens is 1. The third-order valence-corrected chi connectivity index (χ3v) is 3.96. The second kappa shape index (κ2) is 5.79. The number of aromatic nitrogens is 1. The van der Waals surface area contributed by atoms with Gasteiger partial charge in [0.05, 0.1) is 6.20 Å². The molecule has 1 heterocycles. The van der Waals surface area contributed by atoms with Gasteiger partial charge in [0.25, 0.3) is 5.91 Å². The summed E-state index contributed by atoms with van der Waals surface area (Å²) in [5, 5.41) is 2.90. The van der Waals surface area contributed by atoms with E-state index in [4.69, 9.17) is 4.42 Å². The lowest BCUT2D eigenvalue weighted by molar-refractivity contribution is 0.0933. The summed E-state index contributed by atoms with van der Waals surface area (Å²) in [5.74, 6) is 1.13. The van der Waals surface area contributed by atoms with Gasteiger partial charge in [-0.2, -0.15) is 0 Å². The topological polar surface area (TPSA) is 55.1 Å². The summed E-state index contributed by atoms with van der Waals surface area (Å²) >= 11 is 3.46. The zero-order valence-corrected chi connectivity index (χ0v) is 13.5. The first-order valence-corrected chi connectivity index (χ1v) is 7.17. The van der Waals surface area contributed by atoms with E-state index in [0.29, 0.717) is 11.5 Å². The molecule has 1 amide bonds. The number of nitrogens with one attached hydrogen (secondary N) is 1. The predicted octanol–water partition coefficient (Wildman–Crippen LogP) is 3.85. The number of carbonyl (C=O) groups is 1. The van der Waals surface area contributed by atoms with Gasteiger partial charge in [-0.1, -0.05) is 15.9 Å². The Morgan fingerprint density at radius 3 is 2.60 bits per heavy atom. The van der Waals surface area contributed by atoms with E-state index in [2.05, 4.69) is 26.2 Å². The van der Waals surface area contributed by atoms with Crippen LogP contribution in [0.4, 0.5) is 0 Å². The van der Waals surface area contributed by atoms with E-state index < -0.39 is 0 Å². The molecular weight excluding hydrogens is 320 g/mol. The minimum atomic E-state index is -0.264. The molecule has 0 unspecified atom stereocenters. The van der Waals surface area contributed by atoms with E-state index in [1.807, 2.05) is 39.8 Å². The van der Waals surface area contributed by atoms with Gasteiger partial charge in [-0.3, -0.25) is 4.79 Å². The Labute approximate surface area is 126 Å². The molecule has 106 valence electrons. The summed E-state index contributed by atoms with van der Waals surface area (Å²) in [6, 6.07) is 3.56. The molecule has 0 aliphatic heterocycles. The van der Waals surface area contributed by atoms with Crippen molar-refractivity contribution in [1.29, 1.82) is 0 Å². The van der Waals surface area contributed by atoms with Gasteiger partial charge in [-0.25, -0.2) is 4.98 Å². The van der Waals surface area contributed by atoms with E-state index in [9.17, 15) is 4.79 Å². The molecule has 1 aromatic heterocycles. The standard InChI is InChI=1S/C15H17BrN2O2/c1-8-6-13(16)9(2)5-12(8)14(19)18-11(4)15-17-7-10(3)20-15/h5-7,11H,1-4H3,(H,18,19)/t11-/m0/s1. The highest BCUT2D eigenvalue weighted by atomic mass is 79.9. The summed E-state index contributed by atoms with van der Waals surface area (Å²) < 4.78 is 6.42. The van der Waals surface area contributed by atoms with Crippen LogP contribution in [-0.4, -0.2) is 10.9 Å². The van der Waals surface area contributed by atoms with E-state index in [-0.39, 0.29) is 11.9 Å². The average Bonchev–Trinajstić information content (AvgIpc) is 2.80. The predicted molar refractivity (Wildman–Crippen MR) is 80.7 cm³/mol. The Balaban J connectivity index is 2.18. The maximum Gasteiger partial charge on any atom is 0.252 e. The van der Waals surface area contributed by atoms with Crippen LogP contribution in [-0.2, 0) is 0 Å². The van der Waals surface area contributed by atoms with Crippen molar-refractivity contribution in [2.75, 3.05) is 0 Å². The smallest absolute Gasteiger partial charge is 0.252 e. The monoisotopic (exact) mass is 336 g/mol. The van der Waals surface area contributed by atoms with E-state index in [1.165, 1.54) is 0 Å². The summed E-state index contributed by atoms with van der Waals surface area (Å²) in [4.78, 5) is 16.5. The van der Waals surface area contributed by atoms with E-state index in [1.54, 1.807) is 6.20 Å². The number of aryl methyl sites for hydroxylation is 3. The van der Waals surface area contributed by atoms with Crippen LogP contribution in [0.2, 0.25) is 0 Å². The van der Waals surface area contributed by atoms with Crippen molar-refractivity contribution >= 4 is 21.8 Å². The Hall–Kier alpha value is -1.62. The normalized spacial score (nSPS) is 12.2. The van der Waals surface area contributed by atoms with Crippen LogP contribution in [0.1, 0.15) is 46.1 Å². The molecule has 4 nitrogen and oxygen atoms in total. The number of nitrogens with zero attached hydrogens (tertiary/aromatic N) is 1. The van der Waals surface area contributed by atoms with Gasteiger partial charge in [0.1, 0.15) is 11.8 Å². The Morgan fingerprint density at radius 1 is 1.30 bits per heavy atom. The third-order valence-electron chi connectivity index (χ3n) is 3.11. The van der Waals surface area contributed by atoms with Crippen LogP contribution in [0.15, 0.2) is 27.2 Å². The van der Waals surface area contributed by atoms with E-state index >= 15 is 0 Å². The average molecular weight is 337 g/mol. The summed E-state index contributed by atoms with van der Waals surface area (Å²) in [6.07, 6.45) is 1.65. The van der Waals surface area contributed by atoms with Gasteiger partial charge in [0, 0.05) is 10.0 Å². The fourth-order valence-corrected chi connectivity index (χ4v) is 2.39. The lowest BCUT2D eigenvalue weighted by Gasteiger charge is -2.13. The maximum atomic E-state index is 12.3. The van der Waals surface area contributed by atoms with Gasteiger partial charge < -0.3 is 9.73 Å². The van der Waals surface area contributed by atoms with Gasteiger partial charge >= 0.3 is 0 Å². The fraction of sp³-hybridized carbons (Fsp3) is 0.333. The minimum absolute atomic E-state index is 0.124. The lowest BCUT2D eigenvalue weighted by Crippen LogP contribution is -2.27. The molecule has 20 heavy (non-hydrogen) atoms. The number of amides is 1. The Kier molecular flexibility index (Phi) is 4.28. The molecule has 5 heteroatoms. The summed E-state index contributed by atoms with van der Waals surface area (Å²) in [6.45, 7) is 7.55. The zero-order valence-electron chi connectivity index (χ0n) is 12.0. The highest BCUT2D eigenvalue weighted by molar-refractivity contribution is 9.10. The molecule has 0 bridgehead atoms. The van der Waals surface area contributed by atoms with Crippen LogP contribution in [0.5, 0.6) is 0 Å². The fourth-order valence-electron chi connectivity index (χ4n) is 1.93. The second-order valence-corrected chi connectivity index (χ2v) is 5.77. The first-order valence-electron chi connectivity index (χ1n) is 6.38. The van der Waals surface area contributed by atoms with Gasteiger partial charge in [-0.15, -0.1) is 0 Å². The van der Waals surface area contributed by atoms with Crippen molar-refractivity contribution in [3.05, 3.63) is 51.1 Å². The quantitative estimate of drug-likeness (QED) is 0.925. The Morgan fingerprint density at radius 2 is 2.00 bits per heavy atom. The van der Waals surface area contributed by atoms with E-state index in [0.717, 1.165) is 21.4 Å². The molecule has 0 saturated heterocycles. The first kappa shape index (κ1) is 14.8. The second-order valence-electron chi connectivity index (χ2n) is 4.92. The van der Waals surface area contributed by atoms with Crippen LogP contribution in [0.3, 0.4) is 0 Å². The molecule has 0 spiro atoms. The van der Waals surface area contributed by atoms with Crippen molar-refractivity contribution in [3.8, 4) is 0 Å². The largest absolute Gasteiger partial charge is 0.444 e. The van der Waals surface area contributed by atoms with Crippen LogP contribution >= 0.6 is 15.9 Å².